The highest BCUT2D eigenvalue weighted by Crippen LogP contribution is 2.03. The third kappa shape index (κ3) is 2.83. The SMILES string of the molecule is CC#CNCc1ccc(C(=O)O)cc1. The fourth-order valence-corrected chi connectivity index (χ4v) is 1.000. The number of hydrogen-bond acceptors (Lipinski definition) is 2. The highest BCUT2D eigenvalue weighted by molar-refractivity contribution is 5.87. The van der Waals surface area contributed by atoms with Gasteiger partial charge in [0.1, 0.15) is 0 Å². The van der Waals surface area contributed by atoms with Gasteiger partial charge in [0, 0.05) is 12.6 Å². The van der Waals surface area contributed by atoms with Gasteiger partial charge in [0.2, 0.25) is 0 Å². The zero-order chi connectivity index (χ0) is 10.4. The van der Waals surface area contributed by atoms with Crippen molar-refractivity contribution in [3.8, 4) is 12.0 Å². The fourth-order valence-electron chi connectivity index (χ4n) is 1.000. The van der Waals surface area contributed by atoms with E-state index in [1.54, 1.807) is 31.2 Å². The second kappa shape index (κ2) is 4.93. The summed E-state index contributed by atoms with van der Waals surface area (Å²) in [6.07, 6.45) is 0. The number of carbonyl (C=O) groups is 1. The van der Waals surface area contributed by atoms with Gasteiger partial charge in [-0.1, -0.05) is 18.1 Å². The lowest BCUT2D eigenvalue weighted by Crippen LogP contribution is -2.05. The molecule has 0 aliphatic carbocycles. The predicted octanol–water partition coefficient (Wildman–Crippen LogP) is 1.46. The Kier molecular flexibility index (Phi) is 3.57. The van der Waals surface area contributed by atoms with Crippen LogP contribution in [0.5, 0.6) is 0 Å². The molecule has 0 spiro atoms. The van der Waals surface area contributed by atoms with Crippen molar-refractivity contribution in [3.05, 3.63) is 35.4 Å². The van der Waals surface area contributed by atoms with Crippen LogP contribution in [0.2, 0.25) is 0 Å². The number of hydrogen-bond donors (Lipinski definition) is 2. The van der Waals surface area contributed by atoms with Gasteiger partial charge in [-0.25, -0.2) is 4.79 Å². The highest BCUT2D eigenvalue weighted by atomic mass is 16.4. The summed E-state index contributed by atoms with van der Waals surface area (Å²) in [6.45, 7) is 2.38. The van der Waals surface area contributed by atoms with Gasteiger partial charge in [0.25, 0.3) is 0 Å². The molecule has 0 amide bonds. The van der Waals surface area contributed by atoms with Gasteiger partial charge in [0.05, 0.1) is 5.56 Å². The van der Waals surface area contributed by atoms with Crippen LogP contribution < -0.4 is 5.32 Å². The van der Waals surface area contributed by atoms with Crippen molar-refractivity contribution in [2.75, 3.05) is 0 Å². The Morgan fingerprint density at radius 3 is 2.57 bits per heavy atom. The van der Waals surface area contributed by atoms with Crippen LogP contribution in [-0.2, 0) is 6.54 Å². The first kappa shape index (κ1) is 10.1. The molecule has 0 fully saturated rings. The van der Waals surface area contributed by atoms with Crippen LogP contribution in [-0.4, -0.2) is 11.1 Å². The van der Waals surface area contributed by atoms with E-state index in [-0.39, 0.29) is 0 Å². The maximum absolute atomic E-state index is 10.5. The van der Waals surface area contributed by atoms with Crippen molar-refractivity contribution < 1.29 is 9.90 Å². The van der Waals surface area contributed by atoms with Crippen molar-refractivity contribution in [2.24, 2.45) is 0 Å². The van der Waals surface area contributed by atoms with Gasteiger partial charge < -0.3 is 10.4 Å². The molecule has 0 radical (unpaired) electrons. The molecule has 1 aromatic rings. The van der Waals surface area contributed by atoms with E-state index in [0.29, 0.717) is 12.1 Å². The summed E-state index contributed by atoms with van der Waals surface area (Å²) in [5.74, 6) is 1.81. The fraction of sp³-hybridized carbons (Fsp3) is 0.182. The first-order valence-corrected chi connectivity index (χ1v) is 4.21. The molecule has 0 aromatic heterocycles. The molecule has 0 aliphatic heterocycles. The van der Waals surface area contributed by atoms with E-state index in [4.69, 9.17) is 5.11 Å². The predicted molar refractivity (Wildman–Crippen MR) is 53.7 cm³/mol. The molecule has 1 rings (SSSR count). The third-order valence-electron chi connectivity index (χ3n) is 1.71. The van der Waals surface area contributed by atoms with Crippen molar-refractivity contribution >= 4 is 5.97 Å². The standard InChI is InChI=1S/C11H11NO2/c1-2-7-12-8-9-3-5-10(6-4-9)11(13)14/h3-6,12H,8H2,1H3,(H,13,14). The van der Waals surface area contributed by atoms with Crippen LogP contribution in [0.1, 0.15) is 22.8 Å². The summed E-state index contributed by atoms with van der Waals surface area (Å²) in [4.78, 5) is 10.5. The van der Waals surface area contributed by atoms with E-state index < -0.39 is 5.97 Å². The summed E-state index contributed by atoms with van der Waals surface area (Å²) in [7, 11) is 0. The molecule has 0 aliphatic rings. The van der Waals surface area contributed by atoms with E-state index in [2.05, 4.69) is 17.3 Å². The van der Waals surface area contributed by atoms with Crippen LogP contribution in [0.25, 0.3) is 0 Å². The third-order valence-corrected chi connectivity index (χ3v) is 1.71. The molecule has 1 aromatic carbocycles. The lowest BCUT2D eigenvalue weighted by molar-refractivity contribution is 0.0697. The highest BCUT2D eigenvalue weighted by Gasteiger charge is 2.00. The van der Waals surface area contributed by atoms with Gasteiger partial charge in [-0.05, 0) is 24.6 Å². The minimum Gasteiger partial charge on any atom is -0.478 e. The van der Waals surface area contributed by atoms with E-state index >= 15 is 0 Å². The van der Waals surface area contributed by atoms with Gasteiger partial charge in [0.15, 0.2) is 0 Å². The second-order valence-electron chi connectivity index (χ2n) is 2.73. The van der Waals surface area contributed by atoms with Crippen molar-refractivity contribution in [2.45, 2.75) is 13.5 Å². The number of nitrogens with one attached hydrogen (secondary N) is 1. The molecule has 3 nitrogen and oxygen atoms in total. The molecular weight excluding hydrogens is 178 g/mol. The Hall–Kier alpha value is -1.95. The Balaban J connectivity index is 2.62. The molecule has 0 saturated carbocycles. The largest absolute Gasteiger partial charge is 0.478 e. The first-order chi connectivity index (χ1) is 6.74. The maximum atomic E-state index is 10.5. The van der Waals surface area contributed by atoms with E-state index in [1.165, 1.54) is 0 Å². The minimum atomic E-state index is -0.905. The monoisotopic (exact) mass is 189 g/mol. The van der Waals surface area contributed by atoms with Crippen LogP contribution in [0.3, 0.4) is 0 Å². The molecular formula is C11H11NO2. The Bertz CT molecular complexity index is 371. The maximum Gasteiger partial charge on any atom is 0.335 e. The van der Waals surface area contributed by atoms with Gasteiger partial charge in [-0.3, -0.25) is 0 Å². The lowest BCUT2D eigenvalue weighted by Gasteiger charge is -1.99. The van der Waals surface area contributed by atoms with E-state index in [0.717, 1.165) is 5.56 Å². The number of benzene rings is 1. The number of rotatable bonds is 3. The van der Waals surface area contributed by atoms with Crippen LogP contribution in [0.15, 0.2) is 24.3 Å². The van der Waals surface area contributed by atoms with Gasteiger partial charge in [-0.15, -0.1) is 0 Å². The molecule has 0 bridgehead atoms. The van der Waals surface area contributed by atoms with Crippen LogP contribution in [0.4, 0.5) is 0 Å². The van der Waals surface area contributed by atoms with E-state index in [1.807, 2.05) is 0 Å². The second-order valence-corrected chi connectivity index (χ2v) is 2.73. The Morgan fingerprint density at radius 2 is 2.07 bits per heavy atom. The number of aromatic carboxylic acids is 1. The number of carboxylic acids is 1. The molecule has 2 N–H and O–H groups in total. The summed E-state index contributed by atoms with van der Waals surface area (Å²) in [5, 5.41) is 11.5. The molecule has 3 heteroatoms. The smallest absolute Gasteiger partial charge is 0.335 e. The zero-order valence-electron chi connectivity index (χ0n) is 7.87. The summed E-state index contributed by atoms with van der Waals surface area (Å²) in [6, 6.07) is 9.43. The average molecular weight is 189 g/mol. The summed E-state index contributed by atoms with van der Waals surface area (Å²) >= 11 is 0. The van der Waals surface area contributed by atoms with Gasteiger partial charge >= 0.3 is 5.97 Å². The molecule has 0 heterocycles. The topological polar surface area (TPSA) is 49.3 Å². The van der Waals surface area contributed by atoms with Crippen molar-refractivity contribution in [1.82, 2.24) is 5.32 Å². The molecule has 0 saturated heterocycles. The summed E-state index contributed by atoms with van der Waals surface area (Å²) < 4.78 is 0. The first-order valence-electron chi connectivity index (χ1n) is 4.21. The Labute approximate surface area is 82.8 Å². The van der Waals surface area contributed by atoms with Crippen LogP contribution >= 0.6 is 0 Å². The normalized spacial score (nSPS) is 8.64. The quantitative estimate of drug-likeness (QED) is 0.559. The molecule has 0 atom stereocenters. The minimum absolute atomic E-state index is 0.301. The number of carboxylic acid groups (broad SMARTS) is 1. The Morgan fingerprint density at radius 1 is 1.43 bits per heavy atom. The van der Waals surface area contributed by atoms with Crippen molar-refractivity contribution in [3.63, 3.8) is 0 Å². The molecule has 14 heavy (non-hydrogen) atoms. The van der Waals surface area contributed by atoms with Crippen molar-refractivity contribution in [1.29, 1.82) is 0 Å². The summed E-state index contributed by atoms with van der Waals surface area (Å²) in [5.41, 5.74) is 1.31. The van der Waals surface area contributed by atoms with Crippen LogP contribution in [0, 0.1) is 12.0 Å². The zero-order valence-corrected chi connectivity index (χ0v) is 7.87. The van der Waals surface area contributed by atoms with Gasteiger partial charge in [-0.2, -0.15) is 0 Å². The molecule has 0 unspecified atom stereocenters. The van der Waals surface area contributed by atoms with E-state index in [9.17, 15) is 4.79 Å². The molecule has 72 valence electrons. The average Bonchev–Trinajstić information content (AvgIpc) is 2.19. The lowest BCUT2D eigenvalue weighted by atomic mass is 10.1.